The summed E-state index contributed by atoms with van der Waals surface area (Å²) in [7, 11) is 0. The van der Waals surface area contributed by atoms with Crippen molar-refractivity contribution in [1.29, 1.82) is 0 Å². The summed E-state index contributed by atoms with van der Waals surface area (Å²) in [5, 5.41) is 0. The zero-order valence-corrected chi connectivity index (χ0v) is 34.0. The van der Waals surface area contributed by atoms with E-state index in [2.05, 4.69) is 0 Å². The summed E-state index contributed by atoms with van der Waals surface area (Å²) in [6, 6.07) is 0. The van der Waals surface area contributed by atoms with Crippen LogP contribution in [0.3, 0.4) is 0 Å². The van der Waals surface area contributed by atoms with Gasteiger partial charge in [-0.05, 0) is 0 Å². The molecular weight excluding hydrogens is 998 g/mol. The Bertz CT molecular complexity index is 55.0. The molecule has 0 bridgehead atoms. The molecule has 165 valence electrons. The number of rotatable bonds is 0. The van der Waals surface area contributed by atoms with Gasteiger partial charge in [0, 0.05) is 88.0 Å². The fraction of sp³-hybridized carbons (Fsp3) is 0. The summed E-state index contributed by atoms with van der Waals surface area (Å²) in [6.07, 6.45) is 0. The molecule has 0 aliphatic carbocycles. The van der Waals surface area contributed by atoms with Gasteiger partial charge in [-0.25, -0.2) is 0 Å². The Morgan fingerprint density at radius 1 is 0.370 bits per heavy atom. The zero-order valence-electron chi connectivity index (χ0n) is 13.0. The van der Waals surface area contributed by atoms with E-state index in [0.717, 1.165) is 65.8 Å². The van der Waals surface area contributed by atoms with Crippen LogP contribution in [0.5, 0.6) is 0 Å². The summed E-state index contributed by atoms with van der Waals surface area (Å²) >= 11 is 1.25. The van der Waals surface area contributed by atoms with E-state index in [-0.39, 0.29) is 148 Å². The molecule has 0 amide bonds. The third kappa shape index (κ3) is 1600. The van der Waals surface area contributed by atoms with Crippen LogP contribution in [-0.4, -0.2) is 234 Å². The van der Waals surface area contributed by atoms with Crippen molar-refractivity contribution in [2.75, 3.05) is 0 Å². The van der Waals surface area contributed by atoms with E-state index >= 15 is 0 Å². The molecule has 0 heterocycles. The van der Waals surface area contributed by atoms with Gasteiger partial charge in [0.2, 0.25) is 0 Å². The van der Waals surface area contributed by atoms with Gasteiger partial charge in [-0.2, -0.15) is 0 Å². The van der Waals surface area contributed by atoms with Crippen LogP contribution in [0.15, 0.2) is 0 Å². The molecule has 0 unspecified atom stereocenters. The standard InChI is InChI=1S/GeHO2.4GeO.5Ge.11H2O/c2-1-3;4*1-2;;;;;;;;;;;;;;;;/h2H;;;;;;;;;;11*1H2. The van der Waals surface area contributed by atoms with Gasteiger partial charge in [0.25, 0.3) is 0 Å². The van der Waals surface area contributed by atoms with Gasteiger partial charge >= 0.3 is 105 Å². The molecule has 0 atom stereocenters. The summed E-state index contributed by atoms with van der Waals surface area (Å²) in [5.74, 6) is 0. The van der Waals surface area contributed by atoms with Crippen molar-refractivity contribution in [1.82, 2.24) is 0 Å². The Labute approximate surface area is 249 Å². The van der Waals surface area contributed by atoms with Crippen molar-refractivity contribution >= 4 is 169 Å². The normalized spacial score (nSPS) is 1.04. The van der Waals surface area contributed by atoms with Crippen molar-refractivity contribution in [3.63, 3.8) is 0 Å². The molecule has 0 aromatic carbocycles. The van der Waals surface area contributed by atoms with Crippen molar-refractivity contribution in [2.24, 2.45) is 0 Å². The van der Waals surface area contributed by atoms with Crippen LogP contribution < -0.4 is 0 Å². The van der Waals surface area contributed by atoms with Gasteiger partial charge in [-0.3, -0.25) is 0 Å². The Hall–Kier alpha value is 3.79. The third-order valence-corrected chi connectivity index (χ3v) is 0. The average molecular weight is 1020 g/mol. The Morgan fingerprint density at radius 3 is 0.370 bits per heavy atom. The molecule has 29 radical (unpaired) electrons. The molecule has 23 N–H and O–H groups in total. The van der Waals surface area contributed by atoms with Crippen molar-refractivity contribution in [3.05, 3.63) is 0 Å². The Morgan fingerprint density at radius 2 is 0.370 bits per heavy atom. The van der Waals surface area contributed by atoms with Gasteiger partial charge in [-0.1, -0.05) is 0 Å². The molecule has 0 saturated carbocycles. The van der Waals surface area contributed by atoms with Crippen molar-refractivity contribution in [3.8, 4) is 0 Å². The predicted octanol–water partition coefficient (Wildman–Crippen LogP) is -14.0. The molecule has 0 aromatic heterocycles. The fourth-order valence-electron chi connectivity index (χ4n) is 0. The predicted molar refractivity (Wildman–Crippen MR) is 103 cm³/mol. The molecule has 27 heavy (non-hydrogen) atoms. The number of hydrogen-bond donors (Lipinski definition) is 1. The number of hydrogen-bond acceptors (Lipinski definition) is 5. The van der Waals surface area contributed by atoms with Crippen molar-refractivity contribution in [2.45, 2.75) is 0 Å². The van der Waals surface area contributed by atoms with E-state index in [4.69, 9.17) is 23.0 Å². The molecule has 0 saturated heterocycles. The van der Waals surface area contributed by atoms with Gasteiger partial charge in [0.1, 0.15) is 0 Å². The van der Waals surface area contributed by atoms with Gasteiger partial charge < -0.3 is 60.2 Å². The maximum absolute atomic E-state index is 8.61. The van der Waals surface area contributed by atoms with Crippen LogP contribution in [0, 0.1) is 0 Å². The average Bonchev–Trinajstić information content (AvgIpc) is 2.18. The van der Waals surface area contributed by atoms with Crippen LogP contribution in [0.25, 0.3) is 0 Å². The second kappa shape index (κ2) is 1080. The van der Waals surface area contributed by atoms with E-state index in [1.807, 2.05) is 0 Å². The van der Waals surface area contributed by atoms with E-state index in [1.54, 1.807) is 0 Å². The molecule has 0 aliphatic heterocycles. The van der Waals surface area contributed by atoms with Crippen LogP contribution >= 0.6 is 0 Å². The van der Waals surface area contributed by atoms with Gasteiger partial charge in [0.15, 0.2) is 0 Å². The monoisotopic (exact) mass is 1030 g/mol. The molecule has 0 aliphatic rings. The molecular formula is H23Ge10O17. The molecule has 0 aromatic rings. The minimum atomic E-state index is -1.75. The fourth-order valence-corrected chi connectivity index (χ4v) is 0. The van der Waals surface area contributed by atoms with Crippen molar-refractivity contribution < 1.29 is 83.3 Å². The van der Waals surface area contributed by atoms with Crippen LogP contribution in [0.4, 0.5) is 0 Å². The summed E-state index contributed by atoms with van der Waals surface area (Å²) in [5.41, 5.74) is 0. The van der Waals surface area contributed by atoms with Gasteiger partial charge in [-0.15, -0.1) is 0 Å². The van der Waals surface area contributed by atoms with Crippen LogP contribution in [0.2, 0.25) is 0 Å². The van der Waals surface area contributed by atoms with E-state index in [1.165, 1.54) is 0 Å². The van der Waals surface area contributed by atoms with Gasteiger partial charge in [0.05, 0.1) is 0 Å². The van der Waals surface area contributed by atoms with Crippen LogP contribution in [0.1, 0.15) is 0 Å². The maximum atomic E-state index is 8.61. The molecule has 0 fully saturated rings. The molecule has 0 rings (SSSR count). The summed E-state index contributed by atoms with van der Waals surface area (Å²) < 4.78 is 48.8. The zero-order chi connectivity index (χ0) is 10.7. The Balaban J connectivity index is -0.000000000768. The first-order valence-corrected chi connectivity index (χ1v) is 6.47. The van der Waals surface area contributed by atoms with E-state index in [9.17, 15) is 0 Å². The first-order valence-electron chi connectivity index (χ1n) is 1.24. The summed E-state index contributed by atoms with van der Waals surface area (Å²) in [6.45, 7) is 0. The Kier molecular flexibility index (Phi) is 11400. The topological polar surface area (TPSA) is 452 Å². The first-order chi connectivity index (χ1) is 5.41. The summed E-state index contributed by atoms with van der Waals surface area (Å²) in [4.78, 5) is 0. The molecule has 27 heteroatoms. The first kappa shape index (κ1) is 285. The quantitative estimate of drug-likeness (QED) is 0.230. The SMILES string of the molecule is O.O.O.O.O.O.O.O.O.O.O.[Ge].[Ge].[Ge].[Ge].[Ge].[O]=[Ge].[O]=[Ge].[O]=[Ge].[O]=[Ge].[O]=[Ge][OH]. The third-order valence-electron chi connectivity index (χ3n) is 0. The second-order valence-corrected chi connectivity index (χ2v) is 0.474. The minimum absolute atomic E-state index is 0. The van der Waals surface area contributed by atoms with E-state index in [0.29, 0.717) is 0 Å². The molecule has 17 nitrogen and oxygen atoms in total. The van der Waals surface area contributed by atoms with E-state index < -0.39 is 15.7 Å². The van der Waals surface area contributed by atoms with Crippen LogP contribution in [-0.2, 0) is 18.9 Å². The molecule has 0 spiro atoms. The second-order valence-electron chi connectivity index (χ2n) is 0.0913.